The molecule has 1 aromatic carbocycles. The van der Waals surface area contributed by atoms with E-state index in [2.05, 4.69) is 25.1 Å². The smallest absolute Gasteiger partial charge is 0.358 e. The van der Waals surface area contributed by atoms with Crippen molar-refractivity contribution in [1.82, 2.24) is 20.4 Å². The molecule has 0 aliphatic heterocycles. The molecule has 0 fully saturated rings. The maximum Gasteiger partial charge on any atom is 0.358 e. The van der Waals surface area contributed by atoms with E-state index in [0.29, 0.717) is 27.3 Å². The van der Waals surface area contributed by atoms with Crippen molar-refractivity contribution >= 4 is 45.9 Å². The summed E-state index contributed by atoms with van der Waals surface area (Å²) < 4.78 is 4.65. The van der Waals surface area contributed by atoms with E-state index in [9.17, 15) is 4.79 Å². The van der Waals surface area contributed by atoms with Crippen molar-refractivity contribution in [2.24, 2.45) is 0 Å². The van der Waals surface area contributed by atoms with Gasteiger partial charge in [0.05, 0.1) is 28.5 Å². The summed E-state index contributed by atoms with van der Waals surface area (Å²) in [5.74, 6) is -0.683. The van der Waals surface area contributed by atoms with Crippen LogP contribution in [0.2, 0.25) is 10.0 Å². The average Bonchev–Trinajstić information content (AvgIpc) is 2.99. The summed E-state index contributed by atoms with van der Waals surface area (Å²) in [6.07, 6.45) is 0. The summed E-state index contributed by atoms with van der Waals surface area (Å²) in [7, 11) is 1.23. The number of aromatic nitrogens is 4. The quantitative estimate of drug-likeness (QED) is 0.696. The highest BCUT2D eigenvalue weighted by Crippen LogP contribution is 2.34. The molecule has 0 saturated carbocycles. The van der Waals surface area contributed by atoms with E-state index >= 15 is 0 Å². The third kappa shape index (κ3) is 2.24. The Bertz CT molecular complexity index is 894. The van der Waals surface area contributed by atoms with Crippen LogP contribution in [0, 0.1) is 0 Å². The van der Waals surface area contributed by atoms with E-state index in [0.717, 1.165) is 0 Å². The Balaban J connectivity index is 2.24. The van der Waals surface area contributed by atoms with Gasteiger partial charge >= 0.3 is 5.97 Å². The number of rotatable bonds is 2. The minimum Gasteiger partial charge on any atom is -0.464 e. The van der Waals surface area contributed by atoms with Crippen LogP contribution in [-0.2, 0) is 4.74 Å². The molecular weight excluding hydrogens is 329 g/mol. The van der Waals surface area contributed by atoms with Gasteiger partial charge in [-0.1, -0.05) is 23.2 Å². The normalized spacial score (nSPS) is 10.9. The number of ether oxygens (including phenoxy) is 1. The van der Waals surface area contributed by atoms with Gasteiger partial charge in [-0.05, 0) is 18.2 Å². The number of H-pyrrole nitrogens is 1. The van der Waals surface area contributed by atoms with Gasteiger partial charge in [0.25, 0.3) is 0 Å². The minimum absolute atomic E-state index is 0.0363. The topological polar surface area (TPSA) is 107 Å². The van der Waals surface area contributed by atoms with Crippen LogP contribution in [-0.4, -0.2) is 33.5 Å². The number of nitrogens with one attached hydrogen (secondary N) is 1. The highest BCUT2D eigenvalue weighted by Gasteiger charge is 2.19. The van der Waals surface area contributed by atoms with Crippen molar-refractivity contribution in [2.45, 2.75) is 0 Å². The van der Waals surface area contributed by atoms with Crippen LogP contribution in [0.25, 0.3) is 22.3 Å². The molecule has 3 aromatic rings. The van der Waals surface area contributed by atoms with E-state index in [1.807, 2.05) is 0 Å². The van der Waals surface area contributed by atoms with Crippen molar-refractivity contribution in [1.29, 1.82) is 0 Å². The fourth-order valence-corrected chi connectivity index (χ4v) is 2.47. The van der Waals surface area contributed by atoms with Gasteiger partial charge < -0.3 is 10.5 Å². The molecule has 0 bridgehead atoms. The van der Waals surface area contributed by atoms with E-state index in [4.69, 9.17) is 28.9 Å². The lowest BCUT2D eigenvalue weighted by molar-refractivity contribution is 0.0594. The fraction of sp³-hybridized carbons (Fsp3) is 0.0769. The van der Waals surface area contributed by atoms with Crippen LogP contribution in [0.3, 0.4) is 0 Å². The van der Waals surface area contributed by atoms with Crippen LogP contribution >= 0.6 is 23.2 Å². The Morgan fingerprint density at radius 2 is 2.05 bits per heavy atom. The molecular formula is C13H9Cl2N5O2. The number of fused-ring (bicyclic) bond motifs is 1. The first-order valence-electron chi connectivity index (χ1n) is 6.06. The van der Waals surface area contributed by atoms with Gasteiger partial charge in [-0.25, -0.2) is 9.78 Å². The molecule has 0 radical (unpaired) electrons. The molecule has 0 unspecified atom stereocenters. The molecule has 3 N–H and O–H groups in total. The lowest BCUT2D eigenvalue weighted by Gasteiger charge is -2.09. The number of anilines is 1. The zero-order valence-corrected chi connectivity index (χ0v) is 12.7. The largest absolute Gasteiger partial charge is 0.464 e. The molecule has 2 aromatic heterocycles. The van der Waals surface area contributed by atoms with Gasteiger partial charge in [-0.15, -0.1) is 0 Å². The Kier molecular flexibility index (Phi) is 3.59. The van der Waals surface area contributed by atoms with Crippen molar-refractivity contribution in [2.75, 3.05) is 12.8 Å². The second kappa shape index (κ2) is 5.43. The summed E-state index contributed by atoms with van der Waals surface area (Å²) in [4.78, 5) is 15.9. The Morgan fingerprint density at radius 1 is 1.27 bits per heavy atom. The molecule has 7 nitrogen and oxygen atoms in total. The number of nitrogen functional groups attached to an aromatic ring is 1. The number of carbonyl (C=O) groups is 1. The third-order valence-electron chi connectivity index (χ3n) is 3.07. The van der Waals surface area contributed by atoms with Crippen molar-refractivity contribution in [3.8, 4) is 11.3 Å². The number of hydrogen-bond donors (Lipinski definition) is 2. The summed E-state index contributed by atoms with van der Waals surface area (Å²) in [5, 5.41) is 10.8. The number of hydrogen-bond acceptors (Lipinski definition) is 6. The van der Waals surface area contributed by atoms with Gasteiger partial charge in [0, 0.05) is 5.56 Å². The van der Waals surface area contributed by atoms with E-state index < -0.39 is 5.97 Å². The summed E-state index contributed by atoms with van der Waals surface area (Å²) >= 11 is 12.3. The standard InChI is InChI=1S/C13H9Cl2N5O2/c1-22-13(21)12-10(15)6(16)4-8(17-12)5-2-3-7-11(9(5)14)19-20-18-7/h2-4H,1H3,(H2,16,17)(H,18,19,20). The number of halogens is 2. The highest BCUT2D eigenvalue weighted by molar-refractivity contribution is 6.38. The Morgan fingerprint density at radius 3 is 2.77 bits per heavy atom. The lowest BCUT2D eigenvalue weighted by atomic mass is 10.1. The molecule has 0 aliphatic carbocycles. The summed E-state index contributed by atoms with van der Waals surface area (Å²) in [6, 6.07) is 4.97. The van der Waals surface area contributed by atoms with Gasteiger partial charge in [0.15, 0.2) is 5.69 Å². The van der Waals surface area contributed by atoms with Gasteiger partial charge in [-0.3, -0.25) is 0 Å². The number of nitrogens with zero attached hydrogens (tertiary/aromatic N) is 3. The van der Waals surface area contributed by atoms with Crippen LogP contribution in [0.1, 0.15) is 10.5 Å². The molecule has 112 valence electrons. The first-order chi connectivity index (χ1) is 10.5. The Labute approximate surface area is 134 Å². The molecule has 2 heterocycles. The molecule has 22 heavy (non-hydrogen) atoms. The van der Waals surface area contributed by atoms with Crippen LogP contribution < -0.4 is 5.73 Å². The monoisotopic (exact) mass is 337 g/mol. The third-order valence-corrected chi connectivity index (χ3v) is 3.85. The first-order valence-corrected chi connectivity index (χ1v) is 6.82. The van der Waals surface area contributed by atoms with Gasteiger partial charge in [-0.2, -0.15) is 15.4 Å². The number of nitrogens with two attached hydrogens (primary N) is 1. The predicted molar refractivity (Wildman–Crippen MR) is 82.9 cm³/mol. The molecule has 0 saturated heterocycles. The summed E-state index contributed by atoms with van der Waals surface area (Å²) in [5.41, 5.74) is 8.01. The molecule has 9 heteroatoms. The molecule has 3 rings (SSSR count). The zero-order chi connectivity index (χ0) is 15.9. The lowest BCUT2D eigenvalue weighted by Crippen LogP contribution is -2.08. The number of methoxy groups -OCH3 is 1. The number of pyridine rings is 1. The van der Waals surface area contributed by atoms with E-state index in [1.54, 1.807) is 12.1 Å². The minimum atomic E-state index is -0.683. The van der Waals surface area contributed by atoms with Crippen LogP contribution in [0.5, 0.6) is 0 Å². The Hall–Kier alpha value is -2.38. The second-order valence-electron chi connectivity index (χ2n) is 4.37. The first kappa shape index (κ1) is 14.6. The number of carbonyl (C=O) groups excluding carboxylic acids is 1. The van der Waals surface area contributed by atoms with Crippen LogP contribution in [0.15, 0.2) is 18.2 Å². The molecule has 0 atom stereocenters. The fourth-order valence-electron chi connectivity index (χ4n) is 2.00. The van der Waals surface area contributed by atoms with Crippen molar-refractivity contribution in [3.63, 3.8) is 0 Å². The van der Waals surface area contributed by atoms with Crippen molar-refractivity contribution < 1.29 is 9.53 Å². The SMILES string of the molecule is COC(=O)c1nc(-c2ccc3n[nH]nc3c2Cl)cc(N)c1Cl. The molecule has 0 amide bonds. The number of benzene rings is 1. The van der Waals surface area contributed by atoms with Gasteiger partial charge in [0.1, 0.15) is 11.0 Å². The maximum absolute atomic E-state index is 11.7. The predicted octanol–water partition coefficient (Wildman–Crippen LogP) is 2.70. The second-order valence-corrected chi connectivity index (χ2v) is 5.13. The number of esters is 1. The van der Waals surface area contributed by atoms with E-state index in [1.165, 1.54) is 13.2 Å². The highest BCUT2D eigenvalue weighted by atomic mass is 35.5. The zero-order valence-electron chi connectivity index (χ0n) is 11.2. The van der Waals surface area contributed by atoms with E-state index in [-0.39, 0.29) is 16.4 Å². The number of aromatic amines is 1. The summed E-state index contributed by atoms with van der Waals surface area (Å²) in [6.45, 7) is 0. The molecule has 0 aliphatic rings. The average molecular weight is 338 g/mol. The van der Waals surface area contributed by atoms with Crippen molar-refractivity contribution in [3.05, 3.63) is 33.9 Å². The molecule has 0 spiro atoms. The van der Waals surface area contributed by atoms with Gasteiger partial charge in [0.2, 0.25) is 0 Å². The van der Waals surface area contributed by atoms with Crippen LogP contribution in [0.4, 0.5) is 5.69 Å². The maximum atomic E-state index is 11.7.